The van der Waals surface area contributed by atoms with Crippen molar-refractivity contribution in [2.75, 3.05) is 13.2 Å². The third-order valence-electron chi connectivity index (χ3n) is 6.16. The molecule has 2 atom stereocenters. The van der Waals surface area contributed by atoms with Crippen molar-refractivity contribution >= 4 is 34.0 Å². The van der Waals surface area contributed by atoms with Crippen LogP contribution in [0.1, 0.15) is 36.2 Å². The zero-order chi connectivity index (χ0) is 20.0. The SMILES string of the molecule is C[C@]1(c2ccc3ccccc3c2)NC(=O)N(CN2CCC[C@@H]2c2cccs2)C1=O. The van der Waals surface area contributed by atoms with Gasteiger partial charge < -0.3 is 5.32 Å². The first-order valence-corrected chi connectivity index (χ1v) is 10.8. The molecule has 0 radical (unpaired) electrons. The van der Waals surface area contributed by atoms with Gasteiger partial charge in [0.25, 0.3) is 5.91 Å². The molecule has 3 heterocycles. The molecule has 2 aliphatic rings. The van der Waals surface area contributed by atoms with Crippen LogP contribution in [0.4, 0.5) is 4.79 Å². The van der Waals surface area contributed by atoms with Gasteiger partial charge in [0.05, 0.1) is 6.67 Å². The molecule has 2 fully saturated rings. The molecule has 1 N–H and O–H groups in total. The number of carbonyl (C=O) groups is 2. The maximum absolute atomic E-state index is 13.4. The highest BCUT2D eigenvalue weighted by Gasteiger charge is 2.50. The Morgan fingerprint density at radius 3 is 2.72 bits per heavy atom. The summed E-state index contributed by atoms with van der Waals surface area (Å²) in [6.45, 7) is 3.03. The lowest BCUT2D eigenvalue weighted by Crippen LogP contribution is -2.43. The molecule has 3 aromatic rings. The molecular weight excluding hydrogens is 382 g/mol. The van der Waals surface area contributed by atoms with Gasteiger partial charge in [-0.1, -0.05) is 42.5 Å². The molecule has 2 saturated heterocycles. The molecule has 3 amide bonds. The van der Waals surface area contributed by atoms with Crippen molar-refractivity contribution in [3.8, 4) is 0 Å². The number of hydrogen-bond acceptors (Lipinski definition) is 4. The van der Waals surface area contributed by atoms with Gasteiger partial charge in [0, 0.05) is 17.5 Å². The molecule has 1 aromatic heterocycles. The minimum absolute atomic E-state index is 0.186. The molecular formula is C23H23N3O2S. The Kier molecular flexibility index (Phi) is 4.41. The van der Waals surface area contributed by atoms with E-state index in [0.717, 1.165) is 35.7 Å². The van der Waals surface area contributed by atoms with E-state index in [9.17, 15) is 9.59 Å². The Labute approximate surface area is 173 Å². The van der Waals surface area contributed by atoms with Crippen molar-refractivity contribution in [1.82, 2.24) is 15.1 Å². The van der Waals surface area contributed by atoms with Gasteiger partial charge in [0.1, 0.15) is 5.54 Å². The van der Waals surface area contributed by atoms with Gasteiger partial charge in [0.2, 0.25) is 0 Å². The summed E-state index contributed by atoms with van der Waals surface area (Å²) in [5, 5.41) is 7.20. The van der Waals surface area contributed by atoms with E-state index in [4.69, 9.17) is 0 Å². The summed E-state index contributed by atoms with van der Waals surface area (Å²) in [7, 11) is 0. The largest absolute Gasteiger partial charge is 0.326 e. The predicted molar refractivity (Wildman–Crippen MR) is 115 cm³/mol. The molecule has 2 aromatic carbocycles. The van der Waals surface area contributed by atoms with E-state index >= 15 is 0 Å². The number of urea groups is 1. The molecule has 0 aliphatic carbocycles. The highest BCUT2D eigenvalue weighted by Crippen LogP contribution is 2.36. The number of nitrogens with zero attached hydrogens (tertiary/aromatic N) is 2. The van der Waals surface area contributed by atoms with Gasteiger partial charge in [-0.3, -0.25) is 9.69 Å². The number of amides is 3. The van der Waals surface area contributed by atoms with E-state index in [-0.39, 0.29) is 18.0 Å². The van der Waals surface area contributed by atoms with Crippen molar-refractivity contribution < 1.29 is 9.59 Å². The molecule has 0 spiro atoms. The molecule has 5 rings (SSSR count). The number of likely N-dealkylation sites (tertiary alicyclic amines) is 1. The molecule has 5 nitrogen and oxygen atoms in total. The van der Waals surface area contributed by atoms with Crippen LogP contribution in [0.2, 0.25) is 0 Å². The van der Waals surface area contributed by atoms with Gasteiger partial charge in [-0.25, -0.2) is 9.69 Å². The third-order valence-corrected chi connectivity index (χ3v) is 7.13. The summed E-state index contributed by atoms with van der Waals surface area (Å²) in [6, 6.07) is 18.1. The van der Waals surface area contributed by atoms with Crippen LogP contribution in [0.25, 0.3) is 10.8 Å². The normalized spacial score (nSPS) is 25.1. The van der Waals surface area contributed by atoms with Crippen molar-refractivity contribution in [2.45, 2.75) is 31.3 Å². The topological polar surface area (TPSA) is 52.7 Å². The Balaban J connectivity index is 1.41. The van der Waals surface area contributed by atoms with Crippen LogP contribution in [0, 0.1) is 0 Å². The third kappa shape index (κ3) is 3.03. The minimum atomic E-state index is -1.04. The number of hydrogen-bond donors (Lipinski definition) is 1. The number of rotatable bonds is 4. The molecule has 6 heteroatoms. The Hall–Kier alpha value is -2.70. The van der Waals surface area contributed by atoms with Gasteiger partial charge in [-0.2, -0.15) is 0 Å². The number of thiophene rings is 1. The zero-order valence-corrected chi connectivity index (χ0v) is 17.1. The molecule has 148 valence electrons. The maximum atomic E-state index is 13.4. The highest BCUT2D eigenvalue weighted by atomic mass is 32.1. The van der Waals surface area contributed by atoms with Crippen molar-refractivity contribution in [3.63, 3.8) is 0 Å². The summed E-state index contributed by atoms with van der Waals surface area (Å²) in [6.07, 6.45) is 2.14. The van der Waals surface area contributed by atoms with Crippen LogP contribution in [-0.4, -0.2) is 35.0 Å². The first-order chi connectivity index (χ1) is 14.1. The number of imide groups is 1. The van der Waals surface area contributed by atoms with Gasteiger partial charge in [-0.05, 0) is 53.6 Å². The van der Waals surface area contributed by atoms with E-state index in [1.54, 1.807) is 18.3 Å². The van der Waals surface area contributed by atoms with E-state index in [1.165, 1.54) is 9.78 Å². The standard InChI is InChI=1S/C23H23N3O2S/c1-23(18-11-10-16-6-2-3-7-17(16)14-18)21(27)26(22(28)24-23)15-25-12-4-8-19(25)20-9-5-13-29-20/h2-3,5-7,9-11,13-14,19H,4,8,12,15H2,1H3,(H,24,28)/t19-,23-/m1/s1. The van der Waals surface area contributed by atoms with E-state index < -0.39 is 5.54 Å². The quantitative estimate of drug-likeness (QED) is 0.652. The lowest BCUT2D eigenvalue weighted by atomic mass is 9.90. The van der Waals surface area contributed by atoms with E-state index in [1.807, 2.05) is 42.5 Å². The summed E-state index contributed by atoms with van der Waals surface area (Å²) in [5.74, 6) is -0.186. The number of benzene rings is 2. The Morgan fingerprint density at radius 2 is 1.93 bits per heavy atom. The first kappa shape index (κ1) is 18.3. The molecule has 0 bridgehead atoms. The Bertz CT molecular complexity index is 1080. The van der Waals surface area contributed by atoms with Crippen LogP contribution >= 0.6 is 11.3 Å². The molecule has 0 unspecified atom stereocenters. The summed E-state index contributed by atoms with van der Waals surface area (Å²) < 4.78 is 0. The molecule has 2 aliphatic heterocycles. The van der Waals surface area contributed by atoms with Gasteiger partial charge in [-0.15, -0.1) is 11.3 Å². The number of carbonyl (C=O) groups excluding carboxylic acids is 2. The van der Waals surface area contributed by atoms with Crippen LogP contribution in [0.15, 0.2) is 60.0 Å². The fourth-order valence-electron chi connectivity index (χ4n) is 4.50. The van der Waals surface area contributed by atoms with Crippen LogP contribution in [-0.2, 0) is 10.3 Å². The number of nitrogens with one attached hydrogen (secondary N) is 1. The fourth-order valence-corrected chi connectivity index (χ4v) is 5.40. The lowest BCUT2D eigenvalue weighted by Gasteiger charge is -2.28. The lowest BCUT2D eigenvalue weighted by molar-refractivity contribution is -0.132. The average Bonchev–Trinajstić information content (AvgIpc) is 3.45. The van der Waals surface area contributed by atoms with Crippen LogP contribution in [0.5, 0.6) is 0 Å². The second-order valence-corrected chi connectivity index (χ2v) is 8.96. The average molecular weight is 406 g/mol. The highest BCUT2D eigenvalue weighted by molar-refractivity contribution is 7.10. The van der Waals surface area contributed by atoms with Gasteiger partial charge >= 0.3 is 6.03 Å². The molecule has 0 saturated carbocycles. The zero-order valence-electron chi connectivity index (χ0n) is 16.3. The Morgan fingerprint density at radius 1 is 1.10 bits per heavy atom. The number of fused-ring (bicyclic) bond motifs is 1. The molecule has 29 heavy (non-hydrogen) atoms. The monoisotopic (exact) mass is 405 g/mol. The van der Waals surface area contributed by atoms with Crippen molar-refractivity contribution in [3.05, 3.63) is 70.4 Å². The van der Waals surface area contributed by atoms with Crippen molar-refractivity contribution in [2.24, 2.45) is 0 Å². The maximum Gasteiger partial charge on any atom is 0.326 e. The summed E-state index contributed by atoms with van der Waals surface area (Å²) >= 11 is 1.74. The van der Waals surface area contributed by atoms with E-state index in [0.29, 0.717) is 6.67 Å². The van der Waals surface area contributed by atoms with Crippen molar-refractivity contribution in [1.29, 1.82) is 0 Å². The second kappa shape index (κ2) is 6.97. The summed E-state index contributed by atoms with van der Waals surface area (Å²) in [5.41, 5.74) is -0.229. The smallest absolute Gasteiger partial charge is 0.319 e. The van der Waals surface area contributed by atoms with E-state index in [2.05, 4.69) is 27.7 Å². The van der Waals surface area contributed by atoms with Crippen LogP contribution in [0.3, 0.4) is 0 Å². The van der Waals surface area contributed by atoms with Crippen LogP contribution < -0.4 is 5.32 Å². The fraction of sp³-hybridized carbons (Fsp3) is 0.304. The minimum Gasteiger partial charge on any atom is -0.319 e. The predicted octanol–water partition coefficient (Wildman–Crippen LogP) is 4.46. The summed E-state index contributed by atoms with van der Waals surface area (Å²) in [4.78, 5) is 31.1. The first-order valence-electron chi connectivity index (χ1n) is 9.97. The second-order valence-electron chi connectivity index (χ2n) is 7.98. The van der Waals surface area contributed by atoms with Gasteiger partial charge in [0.15, 0.2) is 0 Å².